The lowest BCUT2D eigenvalue weighted by Gasteiger charge is -2.23. The van der Waals surface area contributed by atoms with Gasteiger partial charge in [0.15, 0.2) is 0 Å². The van der Waals surface area contributed by atoms with Crippen molar-refractivity contribution in [2.75, 3.05) is 22.1 Å². The topological polar surface area (TPSA) is 77.2 Å². The molecule has 0 bridgehead atoms. The molecule has 1 aliphatic rings. The first-order valence-corrected chi connectivity index (χ1v) is 11.6. The fourth-order valence-corrected chi connectivity index (χ4v) is 4.59. The molecule has 6 nitrogen and oxygen atoms in total. The number of anilines is 3. The van der Waals surface area contributed by atoms with Gasteiger partial charge in [0, 0.05) is 48.0 Å². The standard InChI is InChI=1S/C28H28N4O2/c1-17-4-9-27-26(14-17)30-18(2)11-13-32(27)28(34)22-5-7-23(25(16-22)31-19(3)33)20-6-8-24-21(15-20)10-12-29-24/h4-10,12,14-16,18,29-30H,11,13H2,1-3H3,(H,31,33). The first kappa shape index (κ1) is 21.8. The van der Waals surface area contributed by atoms with Gasteiger partial charge in [0.25, 0.3) is 5.91 Å². The molecule has 1 aliphatic heterocycles. The van der Waals surface area contributed by atoms with Crippen LogP contribution in [0.15, 0.2) is 66.9 Å². The normalized spacial score (nSPS) is 15.4. The van der Waals surface area contributed by atoms with Crippen molar-refractivity contribution in [2.45, 2.75) is 33.2 Å². The highest BCUT2D eigenvalue weighted by molar-refractivity contribution is 6.09. The fourth-order valence-electron chi connectivity index (χ4n) is 4.59. The van der Waals surface area contributed by atoms with Crippen LogP contribution in [0.4, 0.5) is 17.1 Å². The predicted octanol–water partition coefficient (Wildman–Crippen LogP) is 5.95. The summed E-state index contributed by atoms with van der Waals surface area (Å²) in [6.45, 7) is 6.27. The van der Waals surface area contributed by atoms with Gasteiger partial charge in [0.05, 0.1) is 11.4 Å². The van der Waals surface area contributed by atoms with Gasteiger partial charge in [0.1, 0.15) is 0 Å². The summed E-state index contributed by atoms with van der Waals surface area (Å²) in [4.78, 5) is 30.8. The maximum absolute atomic E-state index is 13.7. The van der Waals surface area contributed by atoms with E-state index in [1.54, 1.807) is 6.07 Å². The van der Waals surface area contributed by atoms with Crippen LogP contribution in [0, 0.1) is 6.92 Å². The molecule has 172 valence electrons. The lowest BCUT2D eigenvalue weighted by Crippen LogP contribution is -2.32. The molecule has 5 rings (SSSR count). The van der Waals surface area contributed by atoms with Gasteiger partial charge in [-0.3, -0.25) is 9.59 Å². The van der Waals surface area contributed by atoms with E-state index in [-0.39, 0.29) is 17.9 Å². The lowest BCUT2D eigenvalue weighted by molar-refractivity contribution is -0.114. The van der Waals surface area contributed by atoms with Crippen molar-refractivity contribution in [2.24, 2.45) is 0 Å². The third-order valence-corrected chi connectivity index (χ3v) is 6.32. The van der Waals surface area contributed by atoms with E-state index in [9.17, 15) is 9.59 Å². The molecule has 0 radical (unpaired) electrons. The van der Waals surface area contributed by atoms with Crippen molar-refractivity contribution in [1.29, 1.82) is 0 Å². The number of hydrogen-bond acceptors (Lipinski definition) is 3. The molecule has 2 amide bonds. The number of carbonyl (C=O) groups is 2. The van der Waals surface area contributed by atoms with E-state index < -0.39 is 0 Å². The summed E-state index contributed by atoms with van der Waals surface area (Å²) in [6, 6.07) is 20.1. The maximum atomic E-state index is 13.7. The number of hydrogen-bond donors (Lipinski definition) is 3. The number of aromatic nitrogens is 1. The summed E-state index contributed by atoms with van der Waals surface area (Å²) >= 11 is 0. The van der Waals surface area contributed by atoms with Crippen molar-refractivity contribution in [3.8, 4) is 11.1 Å². The Morgan fingerprint density at radius 2 is 1.88 bits per heavy atom. The summed E-state index contributed by atoms with van der Waals surface area (Å²) in [5.74, 6) is -0.262. The molecular formula is C28H28N4O2. The molecule has 1 atom stereocenters. The Labute approximate surface area is 199 Å². The average molecular weight is 453 g/mol. The predicted molar refractivity (Wildman–Crippen MR) is 139 cm³/mol. The minimum Gasteiger partial charge on any atom is -0.381 e. The highest BCUT2D eigenvalue weighted by Crippen LogP contribution is 2.35. The molecule has 1 aromatic heterocycles. The lowest BCUT2D eigenvalue weighted by atomic mass is 9.99. The first-order chi connectivity index (χ1) is 16.4. The Bertz CT molecular complexity index is 1400. The smallest absolute Gasteiger partial charge is 0.258 e. The van der Waals surface area contributed by atoms with Gasteiger partial charge in [-0.25, -0.2) is 0 Å². The molecule has 4 aromatic rings. The fraction of sp³-hybridized carbons (Fsp3) is 0.214. The third-order valence-electron chi connectivity index (χ3n) is 6.32. The quantitative estimate of drug-likeness (QED) is 0.359. The molecule has 1 unspecified atom stereocenters. The van der Waals surface area contributed by atoms with E-state index >= 15 is 0 Å². The van der Waals surface area contributed by atoms with E-state index in [0.29, 0.717) is 17.8 Å². The summed E-state index contributed by atoms with van der Waals surface area (Å²) in [5.41, 5.74) is 7.05. The summed E-state index contributed by atoms with van der Waals surface area (Å²) < 4.78 is 0. The molecule has 3 aromatic carbocycles. The Kier molecular flexibility index (Phi) is 5.57. The monoisotopic (exact) mass is 452 g/mol. The van der Waals surface area contributed by atoms with Crippen molar-refractivity contribution in [1.82, 2.24) is 4.98 Å². The van der Waals surface area contributed by atoms with E-state index in [1.165, 1.54) is 6.92 Å². The number of nitrogens with zero attached hydrogens (tertiary/aromatic N) is 1. The van der Waals surface area contributed by atoms with Gasteiger partial charge in [-0.15, -0.1) is 0 Å². The maximum Gasteiger partial charge on any atom is 0.258 e. The number of H-pyrrole nitrogens is 1. The number of carbonyl (C=O) groups excluding carboxylic acids is 2. The van der Waals surface area contributed by atoms with Gasteiger partial charge in [-0.05, 0) is 79.2 Å². The second-order valence-corrected chi connectivity index (χ2v) is 9.03. The van der Waals surface area contributed by atoms with E-state index in [4.69, 9.17) is 0 Å². The Balaban J connectivity index is 1.55. The van der Waals surface area contributed by atoms with Gasteiger partial charge in [-0.2, -0.15) is 0 Å². The molecule has 0 spiro atoms. The molecule has 0 fully saturated rings. The number of rotatable bonds is 3. The Morgan fingerprint density at radius 3 is 2.71 bits per heavy atom. The van der Waals surface area contributed by atoms with Crippen LogP contribution in [-0.4, -0.2) is 29.4 Å². The number of fused-ring (bicyclic) bond motifs is 2. The highest BCUT2D eigenvalue weighted by atomic mass is 16.2. The first-order valence-electron chi connectivity index (χ1n) is 11.6. The van der Waals surface area contributed by atoms with E-state index in [1.807, 2.05) is 60.5 Å². The Morgan fingerprint density at radius 1 is 1.03 bits per heavy atom. The number of nitrogens with one attached hydrogen (secondary N) is 3. The SMILES string of the molecule is CC(=O)Nc1cc(C(=O)N2CCC(C)Nc3cc(C)ccc32)ccc1-c1ccc2[nH]ccc2c1. The molecular weight excluding hydrogens is 424 g/mol. The van der Waals surface area contributed by atoms with Crippen molar-refractivity contribution in [3.63, 3.8) is 0 Å². The zero-order valence-electron chi connectivity index (χ0n) is 19.6. The minimum atomic E-state index is -0.179. The highest BCUT2D eigenvalue weighted by Gasteiger charge is 2.25. The second kappa shape index (κ2) is 8.71. The van der Waals surface area contributed by atoms with E-state index in [0.717, 1.165) is 45.4 Å². The van der Waals surface area contributed by atoms with Gasteiger partial charge in [0.2, 0.25) is 5.91 Å². The second-order valence-electron chi connectivity index (χ2n) is 9.03. The van der Waals surface area contributed by atoms with Crippen molar-refractivity contribution >= 4 is 39.8 Å². The van der Waals surface area contributed by atoms with Crippen molar-refractivity contribution in [3.05, 3.63) is 78.0 Å². The number of amides is 2. The largest absolute Gasteiger partial charge is 0.381 e. The van der Waals surface area contributed by atoms with Gasteiger partial charge < -0.3 is 20.5 Å². The molecule has 2 heterocycles. The zero-order chi connectivity index (χ0) is 23.8. The number of aryl methyl sites for hydroxylation is 1. The number of benzene rings is 3. The van der Waals surface area contributed by atoms with Crippen LogP contribution >= 0.6 is 0 Å². The van der Waals surface area contributed by atoms with Crippen LogP contribution in [0.5, 0.6) is 0 Å². The van der Waals surface area contributed by atoms with Crippen LogP contribution < -0.4 is 15.5 Å². The van der Waals surface area contributed by atoms with Crippen LogP contribution in [0.3, 0.4) is 0 Å². The van der Waals surface area contributed by atoms with Crippen LogP contribution in [-0.2, 0) is 4.79 Å². The van der Waals surface area contributed by atoms with Gasteiger partial charge in [-0.1, -0.05) is 18.2 Å². The summed E-state index contributed by atoms with van der Waals surface area (Å²) in [7, 11) is 0. The molecule has 6 heteroatoms. The third kappa shape index (κ3) is 4.15. The molecule has 34 heavy (non-hydrogen) atoms. The van der Waals surface area contributed by atoms with Crippen LogP contribution in [0.2, 0.25) is 0 Å². The van der Waals surface area contributed by atoms with Crippen molar-refractivity contribution < 1.29 is 9.59 Å². The van der Waals surface area contributed by atoms with Crippen LogP contribution in [0.25, 0.3) is 22.0 Å². The van der Waals surface area contributed by atoms with Crippen LogP contribution in [0.1, 0.15) is 36.2 Å². The summed E-state index contributed by atoms with van der Waals surface area (Å²) in [5, 5.41) is 7.54. The minimum absolute atomic E-state index is 0.0831. The molecule has 0 aliphatic carbocycles. The summed E-state index contributed by atoms with van der Waals surface area (Å²) in [6.07, 6.45) is 2.74. The van der Waals surface area contributed by atoms with Gasteiger partial charge >= 0.3 is 0 Å². The Hall–Kier alpha value is -4.06. The van der Waals surface area contributed by atoms with E-state index in [2.05, 4.69) is 34.7 Å². The zero-order valence-corrected chi connectivity index (χ0v) is 19.6. The number of aromatic amines is 1. The molecule has 3 N–H and O–H groups in total. The average Bonchev–Trinajstić information content (AvgIpc) is 3.21. The molecule has 0 saturated carbocycles. The molecule has 0 saturated heterocycles.